The number of carbonyl (C=O) groups is 2. The number of hydrogen-bond acceptors (Lipinski definition) is 3. The van der Waals surface area contributed by atoms with E-state index in [4.69, 9.17) is 10.2 Å². The predicted octanol–water partition coefficient (Wildman–Crippen LogP) is 7.22. The molecule has 0 aliphatic heterocycles. The zero-order valence-corrected chi connectivity index (χ0v) is 19.3. The fourth-order valence-electron chi connectivity index (χ4n) is 3.19. The van der Waals surface area contributed by atoms with E-state index in [-0.39, 0.29) is 6.61 Å². The number of ether oxygens (including phenoxy) is 1. The molecule has 0 spiro atoms. The third kappa shape index (κ3) is 34.8. The molecule has 0 amide bonds. The molecule has 0 fully saturated rings. The van der Waals surface area contributed by atoms with E-state index in [1.165, 1.54) is 96.3 Å². The number of hydrogen-bond donors (Lipinski definition) is 2. The molecule has 0 heterocycles. The Morgan fingerprint density at radius 3 is 1.14 bits per heavy atom. The smallest absolute Gasteiger partial charge is 0.329 e. The minimum Gasteiger partial charge on any atom is -0.481 e. The van der Waals surface area contributed by atoms with Gasteiger partial charge in [-0.25, -0.2) is 4.79 Å². The lowest BCUT2D eigenvalue weighted by Crippen LogP contribution is -2.05. The van der Waals surface area contributed by atoms with Crippen LogP contribution >= 0.6 is 0 Å². The maximum absolute atomic E-state index is 10.4. The standard InChI is InChI=1S/C20H40O2.C4H8O3/c1-2-3-4-5-6-7-8-9-10-11-12-13-14-15-16-17-18-19-20(21)22;1-2-7-3-4(5)6/h2-19H2,1H3,(H,21,22);2-3H2,1H3,(H,5,6). The number of unbranched alkanes of at least 4 members (excludes halogenated alkanes) is 16. The minimum absolute atomic E-state index is 0.184. The average Bonchev–Trinajstić information content (AvgIpc) is 2.69. The van der Waals surface area contributed by atoms with Crippen LogP contribution in [0.1, 0.15) is 129 Å². The second kappa shape index (κ2) is 26.9. The van der Waals surface area contributed by atoms with Crippen LogP contribution in [0.2, 0.25) is 0 Å². The number of carboxylic acid groups (broad SMARTS) is 2. The third-order valence-electron chi connectivity index (χ3n) is 4.92. The van der Waals surface area contributed by atoms with E-state index < -0.39 is 11.9 Å². The van der Waals surface area contributed by atoms with Gasteiger partial charge in [-0.1, -0.05) is 110 Å². The summed E-state index contributed by atoms with van der Waals surface area (Å²) in [5.41, 5.74) is 0. The van der Waals surface area contributed by atoms with Crippen molar-refractivity contribution in [2.75, 3.05) is 13.2 Å². The molecule has 0 aliphatic carbocycles. The molecule has 0 aliphatic rings. The monoisotopic (exact) mass is 416 g/mol. The quantitative estimate of drug-likeness (QED) is 0.193. The predicted molar refractivity (Wildman–Crippen MR) is 121 cm³/mol. The summed E-state index contributed by atoms with van der Waals surface area (Å²) in [5, 5.41) is 16.5. The molecule has 0 rings (SSSR count). The van der Waals surface area contributed by atoms with E-state index >= 15 is 0 Å². The van der Waals surface area contributed by atoms with E-state index in [2.05, 4.69) is 11.7 Å². The van der Waals surface area contributed by atoms with Crippen molar-refractivity contribution in [2.45, 2.75) is 129 Å². The highest BCUT2D eigenvalue weighted by molar-refractivity contribution is 5.68. The highest BCUT2D eigenvalue weighted by Crippen LogP contribution is 2.14. The summed E-state index contributed by atoms with van der Waals surface area (Å²) in [6.07, 6.45) is 23.1. The van der Waals surface area contributed by atoms with E-state index in [1.807, 2.05) is 0 Å². The molecule has 0 bridgehead atoms. The Bertz CT molecular complexity index is 344. The van der Waals surface area contributed by atoms with E-state index in [1.54, 1.807) is 6.92 Å². The van der Waals surface area contributed by atoms with Gasteiger partial charge in [0.2, 0.25) is 0 Å². The molecule has 2 N–H and O–H groups in total. The van der Waals surface area contributed by atoms with Crippen LogP contribution in [0.25, 0.3) is 0 Å². The molecule has 5 heteroatoms. The SMILES string of the molecule is CCCCCCCCCCCCCCCCCCCC(=O)O.CCOCC(=O)O. The molecule has 174 valence electrons. The van der Waals surface area contributed by atoms with Crippen molar-refractivity contribution in [3.05, 3.63) is 0 Å². The lowest BCUT2D eigenvalue weighted by molar-refractivity contribution is -0.142. The number of aliphatic carboxylic acids is 2. The van der Waals surface area contributed by atoms with Crippen LogP contribution in [0, 0.1) is 0 Å². The highest BCUT2D eigenvalue weighted by Gasteiger charge is 1.97. The first-order chi connectivity index (χ1) is 14.0. The molecule has 0 unspecified atom stereocenters. The Kier molecular flexibility index (Phi) is 27.9. The Hall–Kier alpha value is -1.10. The first kappa shape index (κ1) is 30.1. The van der Waals surface area contributed by atoms with Crippen molar-refractivity contribution in [3.8, 4) is 0 Å². The summed E-state index contributed by atoms with van der Waals surface area (Å²) in [4.78, 5) is 20.0. The van der Waals surface area contributed by atoms with E-state index in [0.717, 1.165) is 12.8 Å². The fraction of sp³-hybridized carbons (Fsp3) is 0.917. The highest BCUT2D eigenvalue weighted by atomic mass is 16.5. The topological polar surface area (TPSA) is 83.8 Å². The zero-order valence-electron chi connectivity index (χ0n) is 19.3. The summed E-state index contributed by atoms with van der Waals surface area (Å²) in [6, 6.07) is 0. The van der Waals surface area contributed by atoms with Gasteiger partial charge in [0.05, 0.1) is 0 Å². The van der Waals surface area contributed by atoms with Crippen molar-refractivity contribution in [2.24, 2.45) is 0 Å². The van der Waals surface area contributed by atoms with Crippen molar-refractivity contribution in [3.63, 3.8) is 0 Å². The summed E-state index contributed by atoms with van der Waals surface area (Å²) in [5.74, 6) is -1.57. The largest absolute Gasteiger partial charge is 0.481 e. The van der Waals surface area contributed by atoms with E-state index in [0.29, 0.717) is 13.0 Å². The molecular weight excluding hydrogens is 368 g/mol. The van der Waals surface area contributed by atoms with Gasteiger partial charge in [0, 0.05) is 13.0 Å². The first-order valence-electron chi connectivity index (χ1n) is 12.1. The molecule has 0 radical (unpaired) electrons. The maximum Gasteiger partial charge on any atom is 0.329 e. The Morgan fingerprint density at radius 2 is 0.897 bits per heavy atom. The van der Waals surface area contributed by atoms with Gasteiger partial charge in [0.25, 0.3) is 0 Å². The molecule has 0 saturated carbocycles. The number of carboxylic acids is 2. The molecule has 0 aromatic heterocycles. The van der Waals surface area contributed by atoms with Gasteiger partial charge in [-0.15, -0.1) is 0 Å². The van der Waals surface area contributed by atoms with Gasteiger partial charge in [0.1, 0.15) is 6.61 Å². The molecule has 0 atom stereocenters. The minimum atomic E-state index is -0.915. The summed E-state index contributed by atoms with van der Waals surface area (Å²) in [6.45, 7) is 4.31. The van der Waals surface area contributed by atoms with Crippen LogP contribution < -0.4 is 0 Å². The third-order valence-corrected chi connectivity index (χ3v) is 4.92. The summed E-state index contributed by atoms with van der Waals surface area (Å²) < 4.78 is 4.50. The first-order valence-corrected chi connectivity index (χ1v) is 12.1. The second-order valence-electron chi connectivity index (χ2n) is 7.83. The van der Waals surface area contributed by atoms with Crippen LogP contribution in [0.15, 0.2) is 0 Å². The molecular formula is C24H48O5. The Labute approximate surface area is 179 Å². The van der Waals surface area contributed by atoms with E-state index in [9.17, 15) is 9.59 Å². The van der Waals surface area contributed by atoms with Crippen LogP contribution in [-0.4, -0.2) is 35.4 Å². The molecule has 0 saturated heterocycles. The van der Waals surface area contributed by atoms with Gasteiger partial charge in [-0.05, 0) is 13.3 Å². The van der Waals surface area contributed by atoms with Gasteiger partial charge in [-0.2, -0.15) is 0 Å². The summed E-state index contributed by atoms with van der Waals surface area (Å²) in [7, 11) is 0. The Morgan fingerprint density at radius 1 is 0.552 bits per heavy atom. The molecule has 5 nitrogen and oxygen atoms in total. The Balaban J connectivity index is 0. The van der Waals surface area contributed by atoms with Gasteiger partial charge >= 0.3 is 11.9 Å². The lowest BCUT2D eigenvalue weighted by Gasteiger charge is -2.03. The lowest BCUT2D eigenvalue weighted by atomic mass is 10.0. The van der Waals surface area contributed by atoms with Crippen molar-refractivity contribution < 1.29 is 24.5 Å². The van der Waals surface area contributed by atoms with Gasteiger partial charge in [0.15, 0.2) is 0 Å². The van der Waals surface area contributed by atoms with Gasteiger partial charge < -0.3 is 14.9 Å². The van der Waals surface area contributed by atoms with Crippen LogP contribution in [0.5, 0.6) is 0 Å². The molecule has 0 aromatic rings. The van der Waals surface area contributed by atoms with Crippen molar-refractivity contribution in [1.29, 1.82) is 0 Å². The molecule has 0 aromatic carbocycles. The molecule has 29 heavy (non-hydrogen) atoms. The second-order valence-corrected chi connectivity index (χ2v) is 7.83. The van der Waals surface area contributed by atoms with Crippen molar-refractivity contribution in [1.82, 2.24) is 0 Å². The summed E-state index contributed by atoms with van der Waals surface area (Å²) >= 11 is 0. The average molecular weight is 417 g/mol. The number of rotatable bonds is 21. The van der Waals surface area contributed by atoms with Crippen LogP contribution in [0.4, 0.5) is 0 Å². The van der Waals surface area contributed by atoms with Crippen LogP contribution in [0.3, 0.4) is 0 Å². The normalized spacial score (nSPS) is 10.4. The zero-order chi connectivity index (χ0) is 22.0. The van der Waals surface area contributed by atoms with Crippen LogP contribution in [-0.2, 0) is 14.3 Å². The van der Waals surface area contributed by atoms with Crippen molar-refractivity contribution >= 4 is 11.9 Å². The van der Waals surface area contributed by atoms with Gasteiger partial charge in [-0.3, -0.25) is 4.79 Å². The maximum atomic E-state index is 10.4. The fourth-order valence-corrected chi connectivity index (χ4v) is 3.19.